The van der Waals surface area contributed by atoms with Crippen LogP contribution in [0.2, 0.25) is 5.02 Å². The lowest BCUT2D eigenvalue weighted by Crippen LogP contribution is -2.35. The summed E-state index contributed by atoms with van der Waals surface area (Å²) in [5, 5.41) is 8.31. The first-order valence-electron chi connectivity index (χ1n) is 7.83. The summed E-state index contributed by atoms with van der Waals surface area (Å²) in [5.74, 6) is -0.554. The van der Waals surface area contributed by atoms with Gasteiger partial charge < -0.3 is 21.7 Å². The van der Waals surface area contributed by atoms with Crippen molar-refractivity contribution in [2.24, 2.45) is 5.73 Å². The van der Waals surface area contributed by atoms with Crippen LogP contribution < -0.4 is 21.7 Å². The highest BCUT2D eigenvalue weighted by Gasteiger charge is 2.19. The third kappa shape index (κ3) is 5.78. The number of nitrogens with two attached hydrogens (primary N) is 1. The topological polar surface area (TPSA) is 113 Å². The molecule has 0 aliphatic rings. The van der Waals surface area contributed by atoms with Crippen LogP contribution in [0.15, 0.2) is 48.5 Å². The molecule has 2 aromatic rings. The minimum absolute atomic E-state index is 0.0585. The molecule has 0 aliphatic carbocycles. The number of carbonyl (C=O) groups excluding carboxylic acids is 3. The molecule has 0 saturated heterocycles. The van der Waals surface area contributed by atoms with Gasteiger partial charge in [-0.25, -0.2) is 4.79 Å². The molecular formula is C18H19ClN4O3. The number of carbonyl (C=O) groups is 3. The maximum Gasteiger partial charge on any atom is 0.312 e. The van der Waals surface area contributed by atoms with Crippen LogP contribution in [0.5, 0.6) is 0 Å². The zero-order chi connectivity index (χ0) is 19.1. The zero-order valence-electron chi connectivity index (χ0n) is 14.1. The van der Waals surface area contributed by atoms with Crippen LogP contribution in [0.25, 0.3) is 0 Å². The number of rotatable bonds is 6. The molecule has 5 N–H and O–H groups in total. The Balaban J connectivity index is 2.11. The summed E-state index contributed by atoms with van der Waals surface area (Å²) < 4.78 is 0. The van der Waals surface area contributed by atoms with Crippen molar-refractivity contribution in [1.82, 2.24) is 5.32 Å². The average Bonchev–Trinajstić information content (AvgIpc) is 2.54. The molecule has 136 valence electrons. The molecule has 4 amide bonds. The molecule has 0 bridgehead atoms. The standard InChI is InChI=1S/C18H19ClN4O3/c1-11(24)21-12-5-4-6-13(9-12)22-17(25)10-16(23-18(20)26)14-7-2-3-8-15(14)19/h2-9,16H,10H2,1H3,(H,21,24)(H,22,25)(H3,20,23,26)/t16-/m0/s1. The summed E-state index contributed by atoms with van der Waals surface area (Å²) >= 11 is 6.15. The second-order valence-corrected chi connectivity index (χ2v) is 6.00. The Morgan fingerprint density at radius 3 is 2.31 bits per heavy atom. The van der Waals surface area contributed by atoms with Crippen molar-refractivity contribution in [3.8, 4) is 0 Å². The molecule has 0 radical (unpaired) electrons. The maximum absolute atomic E-state index is 12.4. The van der Waals surface area contributed by atoms with Crippen LogP contribution in [-0.4, -0.2) is 17.8 Å². The van der Waals surface area contributed by atoms with Crippen molar-refractivity contribution in [2.45, 2.75) is 19.4 Å². The largest absolute Gasteiger partial charge is 0.352 e. The molecule has 0 heterocycles. The van der Waals surface area contributed by atoms with Crippen molar-refractivity contribution in [2.75, 3.05) is 10.6 Å². The van der Waals surface area contributed by atoms with E-state index < -0.39 is 12.1 Å². The fourth-order valence-electron chi connectivity index (χ4n) is 2.44. The Hall–Kier alpha value is -3.06. The van der Waals surface area contributed by atoms with Gasteiger partial charge in [-0.15, -0.1) is 0 Å². The molecular weight excluding hydrogens is 356 g/mol. The molecule has 26 heavy (non-hydrogen) atoms. The Labute approximate surface area is 155 Å². The second kappa shape index (κ2) is 8.87. The molecule has 0 saturated carbocycles. The number of urea groups is 1. The molecule has 0 fully saturated rings. The molecule has 0 aliphatic heterocycles. The summed E-state index contributed by atoms with van der Waals surface area (Å²) in [6, 6.07) is 12.2. The van der Waals surface area contributed by atoms with Crippen LogP contribution in [0.3, 0.4) is 0 Å². The van der Waals surface area contributed by atoms with Crippen molar-refractivity contribution in [3.63, 3.8) is 0 Å². The fourth-order valence-corrected chi connectivity index (χ4v) is 2.71. The molecule has 7 nitrogen and oxygen atoms in total. The van der Waals surface area contributed by atoms with Crippen LogP contribution in [0.4, 0.5) is 16.2 Å². The van der Waals surface area contributed by atoms with Gasteiger partial charge in [0.15, 0.2) is 0 Å². The molecule has 0 unspecified atom stereocenters. The monoisotopic (exact) mass is 374 g/mol. The lowest BCUT2D eigenvalue weighted by Gasteiger charge is -2.19. The Kier molecular flexibility index (Phi) is 6.57. The Bertz CT molecular complexity index is 826. The minimum atomic E-state index is -0.754. The minimum Gasteiger partial charge on any atom is -0.352 e. The van der Waals surface area contributed by atoms with Crippen LogP contribution in [0, 0.1) is 0 Å². The summed E-state index contributed by atoms with van der Waals surface area (Å²) in [6.07, 6.45) is -0.0585. The van der Waals surface area contributed by atoms with Crippen molar-refractivity contribution in [3.05, 3.63) is 59.1 Å². The zero-order valence-corrected chi connectivity index (χ0v) is 14.8. The average molecular weight is 375 g/mol. The van der Waals surface area contributed by atoms with Gasteiger partial charge in [-0.2, -0.15) is 0 Å². The van der Waals surface area contributed by atoms with E-state index in [2.05, 4.69) is 16.0 Å². The van der Waals surface area contributed by atoms with Gasteiger partial charge >= 0.3 is 6.03 Å². The van der Waals surface area contributed by atoms with Gasteiger partial charge in [-0.1, -0.05) is 35.9 Å². The highest BCUT2D eigenvalue weighted by molar-refractivity contribution is 6.31. The normalized spacial score (nSPS) is 11.3. The van der Waals surface area contributed by atoms with Crippen LogP contribution in [0.1, 0.15) is 24.9 Å². The highest BCUT2D eigenvalue weighted by Crippen LogP contribution is 2.25. The van der Waals surface area contributed by atoms with Gasteiger partial charge in [-0.05, 0) is 29.8 Å². The van der Waals surface area contributed by atoms with Gasteiger partial charge in [0.1, 0.15) is 0 Å². The molecule has 8 heteroatoms. The van der Waals surface area contributed by atoms with Crippen LogP contribution in [-0.2, 0) is 9.59 Å². The number of amides is 4. The highest BCUT2D eigenvalue weighted by atomic mass is 35.5. The van der Waals surface area contributed by atoms with Crippen molar-refractivity contribution >= 4 is 40.8 Å². The third-order valence-corrected chi connectivity index (χ3v) is 3.80. The molecule has 2 rings (SSSR count). The third-order valence-electron chi connectivity index (χ3n) is 3.45. The van der Waals surface area contributed by atoms with E-state index in [4.69, 9.17) is 17.3 Å². The Morgan fingerprint density at radius 2 is 1.69 bits per heavy atom. The van der Waals surface area contributed by atoms with E-state index >= 15 is 0 Å². The first-order valence-corrected chi connectivity index (χ1v) is 8.21. The SMILES string of the molecule is CC(=O)Nc1cccc(NC(=O)C[C@H](NC(N)=O)c2ccccc2Cl)c1. The van der Waals surface area contributed by atoms with Crippen molar-refractivity contribution in [1.29, 1.82) is 0 Å². The fraction of sp³-hybridized carbons (Fsp3) is 0.167. The first kappa shape index (κ1) is 19.3. The van der Waals surface area contributed by atoms with E-state index in [1.165, 1.54) is 6.92 Å². The quantitative estimate of drug-likeness (QED) is 0.623. The number of hydrogen-bond donors (Lipinski definition) is 4. The van der Waals surface area contributed by atoms with Crippen molar-refractivity contribution < 1.29 is 14.4 Å². The van der Waals surface area contributed by atoms with E-state index in [0.29, 0.717) is 22.0 Å². The summed E-state index contributed by atoms with van der Waals surface area (Å²) in [7, 11) is 0. The van der Waals surface area contributed by atoms with Gasteiger partial charge in [-0.3, -0.25) is 9.59 Å². The number of nitrogens with one attached hydrogen (secondary N) is 3. The van der Waals surface area contributed by atoms with Crippen LogP contribution >= 0.6 is 11.6 Å². The molecule has 1 atom stereocenters. The molecule has 0 aromatic heterocycles. The maximum atomic E-state index is 12.4. The van der Waals surface area contributed by atoms with E-state index in [0.717, 1.165) is 0 Å². The number of halogens is 1. The smallest absolute Gasteiger partial charge is 0.312 e. The van der Waals surface area contributed by atoms with Gasteiger partial charge in [0.25, 0.3) is 0 Å². The van der Waals surface area contributed by atoms with Gasteiger partial charge in [0.2, 0.25) is 11.8 Å². The van der Waals surface area contributed by atoms with E-state index in [9.17, 15) is 14.4 Å². The van der Waals surface area contributed by atoms with E-state index in [-0.39, 0.29) is 18.2 Å². The number of benzene rings is 2. The summed E-state index contributed by atoms with van der Waals surface area (Å²) in [5.41, 5.74) is 6.88. The molecule has 0 spiro atoms. The molecule has 2 aromatic carbocycles. The second-order valence-electron chi connectivity index (χ2n) is 5.60. The summed E-state index contributed by atoms with van der Waals surface area (Å²) in [6.45, 7) is 1.40. The number of primary amides is 1. The number of hydrogen-bond acceptors (Lipinski definition) is 3. The summed E-state index contributed by atoms with van der Waals surface area (Å²) in [4.78, 5) is 34.8. The lowest BCUT2D eigenvalue weighted by molar-refractivity contribution is -0.116. The first-order chi connectivity index (χ1) is 12.3. The van der Waals surface area contributed by atoms with E-state index in [1.807, 2.05) is 0 Å². The lowest BCUT2D eigenvalue weighted by atomic mass is 10.0. The Morgan fingerprint density at radius 1 is 1.04 bits per heavy atom. The van der Waals surface area contributed by atoms with E-state index in [1.54, 1.807) is 48.5 Å². The predicted octanol–water partition coefficient (Wildman–Crippen LogP) is 3.04. The van der Waals surface area contributed by atoms with Gasteiger partial charge in [0.05, 0.1) is 12.5 Å². The predicted molar refractivity (Wildman–Crippen MR) is 101 cm³/mol. The van der Waals surface area contributed by atoms with Gasteiger partial charge in [0, 0.05) is 23.3 Å². The number of anilines is 2.